The molecule has 3 aromatic rings. The van der Waals surface area contributed by atoms with Crippen LogP contribution >= 0.6 is 11.6 Å². The molecular weight excluding hydrogens is 428 g/mol. The summed E-state index contributed by atoms with van der Waals surface area (Å²) in [4.78, 5) is 2.31. The number of ether oxygens (including phenoxy) is 2. The third-order valence-corrected chi connectivity index (χ3v) is 5.07. The molecule has 0 bridgehead atoms. The molecule has 2 aromatic heterocycles. The van der Waals surface area contributed by atoms with Crippen LogP contribution in [0.4, 0.5) is 8.78 Å². The second-order valence-electron chi connectivity index (χ2n) is 6.94. The van der Waals surface area contributed by atoms with Crippen LogP contribution in [0, 0.1) is 0 Å². The highest BCUT2D eigenvalue weighted by atomic mass is 35.5. The highest BCUT2D eigenvalue weighted by Gasteiger charge is 2.19. The molecule has 1 aliphatic rings. The fourth-order valence-corrected chi connectivity index (χ4v) is 3.52. The van der Waals surface area contributed by atoms with Gasteiger partial charge in [-0.2, -0.15) is 19.0 Å². The number of rotatable bonds is 8. The number of benzene rings is 1. The number of allylic oxidation sites excluding steroid dienone is 1. The van der Waals surface area contributed by atoms with Crippen LogP contribution in [0.5, 0.6) is 5.75 Å². The fraction of sp³-hybridized carbons (Fsp3) is 0.333. The van der Waals surface area contributed by atoms with E-state index in [0.29, 0.717) is 28.5 Å². The Bertz CT molecular complexity index is 1020. The molecule has 0 aliphatic carbocycles. The lowest BCUT2D eigenvalue weighted by Crippen LogP contribution is -2.36. The van der Waals surface area contributed by atoms with Crippen molar-refractivity contribution in [2.75, 3.05) is 32.8 Å². The molecule has 0 amide bonds. The molecule has 10 heteroatoms. The number of hydrogen-bond donors (Lipinski definition) is 0. The molecule has 4 rings (SSSR count). The zero-order valence-corrected chi connectivity index (χ0v) is 17.5. The van der Waals surface area contributed by atoms with E-state index in [0.717, 1.165) is 32.8 Å². The molecule has 1 aliphatic heterocycles. The van der Waals surface area contributed by atoms with Gasteiger partial charge in [0.05, 0.1) is 26.0 Å². The van der Waals surface area contributed by atoms with Crippen molar-refractivity contribution >= 4 is 11.6 Å². The van der Waals surface area contributed by atoms with Crippen molar-refractivity contribution in [2.24, 2.45) is 0 Å². The van der Waals surface area contributed by atoms with Gasteiger partial charge >= 0.3 is 6.61 Å². The summed E-state index contributed by atoms with van der Waals surface area (Å²) in [5, 5.41) is 9.27. The lowest BCUT2D eigenvalue weighted by Gasteiger charge is -2.25. The van der Waals surface area contributed by atoms with E-state index in [9.17, 15) is 8.78 Å². The van der Waals surface area contributed by atoms with Gasteiger partial charge in [-0.3, -0.25) is 9.58 Å². The first-order valence-corrected chi connectivity index (χ1v) is 10.3. The average Bonchev–Trinajstić information content (AvgIpc) is 3.43. The molecule has 1 saturated heterocycles. The predicted octanol–water partition coefficient (Wildman–Crippen LogP) is 3.88. The molecule has 0 radical (unpaired) electrons. The Hall–Kier alpha value is -2.75. The lowest BCUT2D eigenvalue weighted by atomic mass is 10.1. The van der Waals surface area contributed by atoms with E-state index >= 15 is 0 Å². The first-order valence-electron chi connectivity index (χ1n) is 9.87. The van der Waals surface area contributed by atoms with E-state index in [1.165, 1.54) is 12.1 Å². The molecule has 3 heterocycles. The molecule has 164 valence electrons. The first-order chi connectivity index (χ1) is 15.1. The van der Waals surface area contributed by atoms with Gasteiger partial charge < -0.3 is 9.47 Å². The van der Waals surface area contributed by atoms with Crippen LogP contribution in [0.3, 0.4) is 0 Å². The summed E-state index contributed by atoms with van der Waals surface area (Å²) < 4.78 is 39.3. The predicted molar refractivity (Wildman–Crippen MR) is 113 cm³/mol. The van der Waals surface area contributed by atoms with Gasteiger partial charge in [-0.1, -0.05) is 23.8 Å². The zero-order valence-electron chi connectivity index (χ0n) is 16.7. The monoisotopic (exact) mass is 449 g/mol. The maximum atomic E-state index is 12.9. The van der Waals surface area contributed by atoms with E-state index in [1.807, 2.05) is 12.3 Å². The van der Waals surface area contributed by atoms with E-state index in [4.69, 9.17) is 21.1 Å². The number of alkyl halides is 2. The summed E-state index contributed by atoms with van der Waals surface area (Å²) in [7, 11) is 0. The number of nitrogens with zero attached hydrogens (tertiary/aromatic N) is 5. The fourth-order valence-electron chi connectivity index (χ4n) is 3.35. The number of halogens is 3. The topological polar surface area (TPSA) is 57.3 Å². The molecule has 0 spiro atoms. The molecule has 31 heavy (non-hydrogen) atoms. The Labute approximate surface area is 183 Å². The Kier molecular flexibility index (Phi) is 6.96. The Morgan fingerprint density at radius 3 is 2.74 bits per heavy atom. The summed E-state index contributed by atoms with van der Waals surface area (Å²) in [5.41, 5.74) is 1.45. The van der Waals surface area contributed by atoms with Gasteiger partial charge in [0.15, 0.2) is 0 Å². The normalized spacial score (nSPS) is 15.2. The molecule has 1 aromatic carbocycles. The zero-order chi connectivity index (χ0) is 21.6. The van der Waals surface area contributed by atoms with Crippen molar-refractivity contribution in [1.29, 1.82) is 0 Å². The van der Waals surface area contributed by atoms with Gasteiger partial charge in [0.2, 0.25) is 0 Å². The molecule has 0 unspecified atom stereocenters. The highest BCUT2D eigenvalue weighted by molar-refractivity contribution is 6.31. The molecule has 0 N–H and O–H groups in total. The van der Waals surface area contributed by atoms with Crippen LogP contribution in [0.1, 0.15) is 0 Å². The SMILES string of the molecule is FC(F)Oc1ccc(Cl)cc1-c1nn(C/C=C/CN2CCOCC2)cc1-n1cccn1. The van der Waals surface area contributed by atoms with Crippen LogP contribution in [0.25, 0.3) is 16.9 Å². The van der Waals surface area contributed by atoms with Crippen LogP contribution in [0.15, 0.2) is 55.0 Å². The van der Waals surface area contributed by atoms with Crippen molar-refractivity contribution < 1.29 is 18.3 Å². The van der Waals surface area contributed by atoms with Crippen molar-refractivity contribution in [1.82, 2.24) is 24.5 Å². The molecule has 7 nitrogen and oxygen atoms in total. The highest BCUT2D eigenvalue weighted by Crippen LogP contribution is 2.36. The minimum absolute atomic E-state index is 0.000848. The van der Waals surface area contributed by atoms with Gasteiger partial charge in [-0.05, 0) is 24.3 Å². The summed E-state index contributed by atoms with van der Waals surface area (Å²) in [6, 6.07) is 6.25. The molecule has 1 fully saturated rings. The maximum absolute atomic E-state index is 12.9. The summed E-state index contributed by atoms with van der Waals surface area (Å²) in [6.07, 6.45) is 9.32. The average molecular weight is 450 g/mol. The smallest absolute Gasteiger partial charge is 0.387 e. The van der Waals surface area contributed by atoms with Crippen molar-refractivity contribution in [2.45, 2.75) is 13.2 Å². The minimum Gasteiger partial charge on any atom is -0.434 e. The molecule has 0 atom stereocenters. The Morgan fingerprint density at radius 2 is 2.00 bits per heavy atom. The molecule has 0 saturated carbocycles. The Morgan fingerprint density at radius 1 is 1.19 bits per heavy atom. The van der Waals surface area contributed by atoms with E-state index < -0.39 is 6.61 Å². The van der Waals surface area contributed by atoms with Crippen molar-refractivity contribution in [3.63, 3.8) is 0 Å². The maximum Gasteiger partial charge on any atom is 0.387 e. The third kappa shape index (κ3) is 5.49. The van der Waals surface area contributed by atoms with Gasteiger partial charge in [0.25, 0.3) is 0 Å². The molecular formula is C21H22ClF2N5O2. The van der Waals surface area contributed by atoms with E-state index in [1.54, 1.807) is 33.9 Å². The van der Waals surface area contributed by atoms with Crippen LogP contribution in [-0.4, -0.2) is 63.9 Å². The standard InChI is InChI=1S/C21H22ClF2N5O2/c22-16-4-5-19(31-21(23)24)17(14-16)20-18(29-9-3-6-25-29)15-28(26-20)8-2-1-7-27-10-12-30-13-11-27/h1-6,9,14-15,21H,7-8,10-13H2/b2-1+. The summed E-state index contributed by atoms with van der Waals surface area (Å²) >= 11 is 6.14. The lowest BCUT2D eigenvalue weighted by molar-refractivity contribution is -0.0494. The van der Waals surface area contributed by atoms with Crippen LogP contribution in [-0.2, 0) is 11.3 Å². The van der Waals surface area contributed by atoms with Crippen LogP contribution in [0.2, 0.25) is 5.02 Å². The van der Waals surface area contributed by atoms with E-state index in [-0.39, 0.29) is 5.75 Å². The van der Waals surface area contributed by atoms with Gasteiger partial charge in [0, 0.05) is 42.6 Å². The Balaban J connectivity index is 1.60. The first kappa shape index (κ1) is 21.5. The van der Waals surface area contributed by atoms with Crippen molar-refractivity contribution in [3.05, 3.63) is 60.0 Å². The van der Waals surface area contributed by atoms with Gasteiger partial charge in [-0.25, -0.2) is 4.68 Å². The summed E-state index contributed by atoms with van der Waals surface area (Å²) in [6.45, 7) is 1.74. The third-order valence-electron chi connectivity index (χ3n) is 4.83. The number of aromatic nitrogens is 4. The van der Waals surface area contributed by atoms with E-state index in [2.05, 4.69) is 21.2 Å². The van der Waals surface area contributed by atoms with Crippen molar-refractivity contribution in [3.8, 4) is 22.7 Å². The van der Waals surface area contributed by atoms with Gasteiger partial charge in [0.1, 0.15) is 17.1 Å². The number of hydrogen-bond acceptors (Lipinski definition) is 5. The quantitative estimate of drug-likeness (QED) is 0.488. The second kappa shape index (κ2) is 10.0. The summed E-state index contributed by atoms with van der Waals surface area (Å²) in [5.74, 6) is 0.000848. The minimum atomic E-state index is -2.96. The largest absolute Gasteiger partial charge is 0.434 e. The number of morpholine rings is 1. The second-order valence-corrected chi connectivity index (χ2v) is 7.38. The van der Waals surface area contributed by atoms with Crippen LogP contribution < -0.4 is 4.74 Å². The van der Waals surface area contributed by atoms with Gasteiger partial charge in [-0.15, -0.1) is 0 Å².